The lowest BCUT2D eigenvalue weighted by molar-refractivity contribution is -0.141. The first kappa shape index (κ1) is 21.4. The lowest BCUT2D eigenvalue weighted by atomic mass is 10.1. The summed E-state index contributed by atoms with van der Waals surface area (Å²) in [5, 5.41) is 9.92. The van der Waals surface area contributed by atoms with Crippen molar-refractivity contribution in [1.29, 1.82) is 0 Å². The number of hydrogen-bond donors (Lipinski definition) is 3. The molecule has 4 rings (SSSR count). The average Bonchev–Trinajstić information content (AvgIpc) is 3.19. The number of aliphatic carboxylic acids is 1. The van der Waals surface area contributed by atoms with Crippen molar-refractivity contribution in [3.63, 3.8) is 0 Å². The molecule has 164 valence electrons. The smallest absolute Gasteiger partial charge is 0.308 e. The van der Waals surface area contributed by atoms with Crippen LogP contribution in [0.3, 0.4) is 0 Å². The van der Waals surface area contributed by atoms with Crippen molar-refractivity contribution in [3.8, 4) is 0 Å². The van der Waals surface area contributed by atoms with Gasteiger partial charge in [0.1, 0.15) is 5.69 Å². The van der Waals surface area contributed by atoms with E-state index in [0.29, 0.717) is 11.2 Å². The Morgan fingerprint density at radius 3 is 2.44 bits per heavy atom. The van der Waals surface area contributed by atoms with Crippen LogP contribution in [0.15, 0.2) is 65.6 Å². The van der Waals surface area contributed by atoms with E-state index in [2.05, 4.69) is 10.4 Å². The summed E-state index contributed by atoms with van der Waals surface area (Å²) in [5.41, 5.74) is 3.16. The van der Waals surface area contributed by atoms with Crippen molar-refractivity contribution in [3.05, 3.63) is 66.4 Å². The fraction of sp³-hybridized carbons (Fsp3) is 0.143. The Morgan fingerprint density at radius 1 is 1.03 bits per heavy atom. The third-order valence-corrected chi connectivity index (χ3v) is 6.33. The van der Waals surface area contributed by atoms with Crippen LogP contribution in [0.25, 0.3) is 10.9 Å². The molecule has 1 aromatic heterocycles. The molecule has 1 unspecified atom stereocenters. The molecule has 3 N–H and O–H groups in total. The van der Waals surface area contributed by atoms with Crippen molar-refractivity contribution in [1.82, 2.24) is 15.2 Å². The predicted molar refractivity (Wildman–Crippen MR) is 114 cm³/mol. The molecule has 1 atom stereocenters. The monoisotopic (exact) mass is 454 g/mol. The van der Waals surface area contributed by atoms with Gasteiger partial charge in [-0.15, -0.1) is 4.83 Å². The number of para-hydroxylation sites is 1. The second kappa shape index (κ2) is 8.36. The molecule has 2 heterocycles. The van der Waals surface area contributed by atoms with Gasteiger partial charge < -0.3 is 10.0 Å². The molecule has 2 aromatic carbocycles. The number of carboxylic acids is 1. The first-order chi connectivity index (χ1) is 15.2. The fourth-order valence-electron chi connectivity index (χ4n) is 3.36. The molecule has 11 heteroatoms. The number of nitrogens with one attached hydrogen (secondary N) is 2. The number of pyridine rings is 1. The van der Waals surface area contributed by atoms with E-state index in [1.165, 1.54) is 35.2 Å². The number of nitrogens with zero attached hydrogens (tertiary/aromatic N) is 2. The number of carbonyl (C=O) groups excluding carboxylic acids is 2. The van der Waals surface area contributed by atoms with E-state index >= 15 is 0 Å². The molecule has 32 heavy (non-hydrogen) atoms. The fourth-order valence-corrected chi connectivity index (χ4v) is 4.20. The standard InChI is InChI=1S/C21H18N4O6S/c26-19-11-14(21(28)29)12-25(19)15-6-8-16(9-7-15)32(30,31)24-23-20(27)18-10-5-13-3-1-2-4-17(13)22-18/h1-10,14,24H,11-12H2,(H,23,27)(H,28,29). The van der Waals surface area contributed by atoms with Crippen LogP contribution in [-0.4, -0.2) is 42.8 Å². The van der Waals surface area contributed by atoms with Crippen LogP contribution in [0.5, 0.6) is 0 Å². The first-order valence-electron chi connectivity index (χ1n) is 9.56. The third kappa shape index (κ3) is 4.29. The van der Waals surface area contributed by atoms with E-state index in [9.17, 15) is 22.8 Å². The van der Waals surface area contributed by atoms with Crippen molar-refractivity contribution in [2.45, 2.75) is 11.3 Å². The second-order valence-corrected chi connectivity index (χ2v) is 8.87. The van der Waals surface area contributed by atoms with E-state index in [4.69, 9.17) is 5.11 Å². The maximum absolute atomic E-state index is 12.5. The number of hydrazine groups is 1. The molecular formula is C21H18N4O6S. The Labute approximate surface area is 182 Å². The molecule has 2 amide bonds. The van der Waals surface area contributed by atoms with Crippen molar-refractivity contribution < 1.29 is 27.9 Å². The highest BCUT2D eigenvalue weighted by molar-refractivity contribution is 7.89. The third-order valence-electron chi connectivity index (χ3n) is 5.06. The molecule has 0 radical (unpaired) electrons. The van der Waals surface area contributed by atoms with Crippen molar-refractivity contribution in [2.75, 3.05) is 11.4 Å². The summed E-state index contributed by atoms with van der Waals surface area (Å²) >= 11 is 0. The van der Waals surface area contributed by atoms with Gasteiger partial charge >= 0.3 is 5.97 Å². The zero-order valence-electron chi connectivity index (χ0n) is 16.6. The number of sulfonamides is 1. The van der Waals surface area contributed by atoms with E-state index in [1.54, 1.807) is 18.2 Å². The summed E-state index contributed by atoms with van der Waals surface area (Å²) in [6, 6.07) is 15.7. The number of carboxylic acid groups (broad SMARTS) is 1. The number of aromatic nitrogens is 1. The van der Waals surface area contributed by atoms with Crippen LogP contribution in [0.2, 0.25) is 0 Å². The zero-order valence-corrected chi connectivity index (χ0v) is 17.4. The highest BCUT2D eigenvalue weighted by Gasteiger charge is 2.35. The Hall–Kier alpha value is -3.83. The van der Waals surface area contributed by atoms with Gasteiger partial charge in [0.05, 0.1) is 16.3 Å². The van der Waals surface area contributed by atoms with Crippen LogP contribution in [-0.2, 0) is 19.6 Å². The lowest BCUT2D eigenvalue weighted by Gasteiger charge is -2.16. The number of amides is 2. The van der Waals surface area contributed by atoms with Gasteiger partial charge in [-0.25, -0.2) is 13.4 Å². The minimum Gasteiger partial charge on any atom is -0.481 e. The van der Waals surface area contributed by atoms with Gasteiger partial charge in [-0.2, -0.15) is 0 Å². The minimum absolute atomic E-state index is 0.0212. The maximum atomic E-state index is 12.5. The van der Waals surface area contributed by atoms with Crippen LogP contribution < -0.4 is 15.2 Å². The summed E-state index contributed by atoms with van der Waals surface area (Å²) in [5.74, 6) is -2.92. The lowest BCUT2D eigenvalue weighted by Crippen LogP contribution is -2.41. The van der Waals surface area contributed by atoms with Gasteiger partial charge in [-0.3, -0.25) is 19.8 Å². The summed E-state index contributed by atoms with van der Waals surface area (Å²) in [6.45, 7) is 0.0212. The molecule has 1 aliphatic rings. The predicted octanol–water partition coefficient (Wildman–Crippen LogP) is 1.30. The quantitative estimate of drug-likeness (QED) is 0.476. The maximum Gasteiger partial charge on any atom is 0.308 e. The SMILES string of the molecule is O=C(NNS(=O)(=O)c1ccc(N2CC(C(=O)O)CC2=O)cc1)c1ccc2ccccc2n1. The van der Waals surface area contributed by atoms with Gasteiger partial charge in [-0.1, -0.05) is 24.3 Å². The first-order valence-corrected chi connectivity index (χ1v) is 11.0. The minimum atomic E-state index is -4.09. The van der Waals surface area contributed by atoms with Gasteiger partial charge in [0.2, 0.25) is 5.91 Å². The van der Waals surface area contributed by atoms with E-state index < -0.39 is 27.8 Å². The Bertz CT molecular complexity index is 1320. The van der Waals surface area contributed by atoms with E-state index in [0.717, 1.165) is 5.39 Å². The van der Waals surface area contributed by atoms with Crippen LogP contribution in [0.4, 0.5) is 5.69 Å². The number of anilines is 1. The van der Waals surface area contributed by atoms with Crippen molar-refractivity contribution in [2.24, 2.45) is 5.92 Å². The summed E-state index contributed by atoms with van der Waals surface area (Å²) in [4.78, 5) is 42.8. The number of hydrogen-bond acceptors (Lipinski definition) is 6. The normalized spacial score (nSPS) is 16.3. The zero-order chi connectivity index (χ0) is 22.9. The van der Waals surface area contributed by atoms with Crippen LogP contribution >= 0.6 is 0 Å². The molecule has 3 aromatic rings. The Kier molecular flexibility index (Phi) is 5.59. The summed E-state index contributed by atoms with van der Waals surface area (Å²) in [7, 11) is -4.09. The van der Waals surface area contributed by atoms with Gasteiger partial charge in [0.15, 0.2) is 0 Å². The van der Waals surface area contributed by atoms with Gasteiger partial charge in [-0.05, 0) is 36.4 Å². The average molecular weight is 454 g/mol. The van der Waals surface area contributed by atoms with E-state index in [-0.39, 0.29) is 29.5 Å². The number of fused-ring (bicyclic) bond motifs is 1. The van der Waals surface area contributed by atoms with E-state index in [1.807, 2.05) is 17.0 Å². The number of rotatable bonds is 6. The molecule has 10 nitrogen and oxygen atoms in total. The molecule has 0 saturated carbocycles. The summed E-state index contributed by atoms with van der Waals surface area (Å²) in [6.07, 6.45) is -0.105. The largest absolute Gasteiger partial charge is 0.481 e. The summed E-state index contributed by atoms with van der Waals surface area (Å²) < 4.78 is 25.0. The van der Waals surface area contributed by atoms with Gasteiger partial charge in [0, 0.05) is 24.0 Å². The number of carbonyl (C=O) groups is 3. The number of benzene rings is 2. The molecule has 1 aliphatic heterocycles. The highest BCUT2D eigenvalue weighted by Crippen LogP contribution is 2.26. The molecule has 1 saturated heterocycles. The van der Waals surface area contributed by atoms with Crippen LogP contribution in [0.1, 0.15) is 16.9 Å². The Balaban J connectivity index is 1.43. The highest BCUT2D eigenvalue weighted by atomic mass is 32.2. The Morgan fingerprint density at radius 2 is 1.75 bits per heavy atom. The molecule has 1 fully saturated rings. The van der Waals surface area contributed by atoms with Crippen molar-refractivity contribution >= 4 is 44.4 Å². The molecule has 0 bridgehead atoms. The molecule has 0 aliphatic carbocycles. The molecular weight excluding hydrogens is 436 g/mol. The molecule has 0 spiro atoms. The van der Waals surface area contributed by atoms with Crippen LogP contribution in [0, 0.1) is 5.92 Å². The van der Waals surface area contributed by atoms with Gasteiger partial charge in [0.25, 0.3) is 15.9 Å². The topological polar surface area (TPSA) is 146 Å². The second-order valence-electron chi connectivity index (χ2n) is 7.19.